The normalized spacial score (nSPS) is 9.14. The lowest BCUT2D eigenvalue weighted by Crippen LogP contribution is -1.82. The number of nitrogen functional groups attached to an aromatic ring is 1. The van der Waals surface area contributed by atoms with Crippen molar-refractivity contribution in [2.24, 2.45) is 0 Å². The number of rotatable bonds is 2. The number of hydrogen-bond acceptors (Lipinski definition) is 3. The van der Waals surface area contributed by atoms with E-state index in [-0.39, 0.29) is 12.4 Å². The first-order chi connectivity index (χ1) is 6.34. The van der Waals surface area contributed by atoms with Crippen LogP contribution < -0.4 is 10.5 Å². The van der Waals surface area contributed by atoms with Crippen molar-refractivity contribution in [2.45, 2.75) is 0 Å². The fraction of sp³-hybridized carbons (Fsp3) is 0. The summed E-state index contributed by atoms with van der Waals surface area (Å²) in [6.07, 6.45) is 0. The minimum atomic E-state index is 0. The van der Waals surface area contributed by atoms with E-state index in [2.05, 4.69) is 10.2 Å². The number of ether oxygens (including phenoxy) is 1. The van der Waals surface area contributed by atoms with E-state index in [1.165, 1.54) is 0 Å². The van der Waals surface area contributed by atoms with Gasteiger partial charge >= 0.3 is 0 Å². The molecule has 1 aromatic heterocycles. The molecule has 74 valence electrons. The van der Waals surface area contributed by atoms with E-state index in [1.54, 1.807) is 6.07 Å². The lowest BCUT2D eigenvalue weighted by atomic mass is 10.3. The molecule has 1 heterocycles. The Morgan fingerprint density at radius 2 is 1.93 bits per heavy atom. The highest BCUT2D eigenvalue weighted by Crippen LogP contribution is 2.19. The summed E-state index contributed by atoms with van der Waals surface area (Å²) >= 11 is 0. The van der Waals surface area contributed by atoms with Gasteiger partial charge in [-0.25, -0.2) is 0 Å². The fourth-order valence-electron chi connectivity index (χ4n) is 0.979. The summed E-state index contributed by atoms with van der Waals surface area (Å²) in [4.78, 5) is 0. The Hall–Kier alpha value is -1.68. The average molecular weight is 212 g/mol. The third kappa shape index (κ3) is 2.40. The molecule has 5 heteroatoms. The van der Waals surface area contributed by atoms with E-state index in [0.29, 0.717) is 11.7 Å². The van der Waals surface area contributed by atoms with Crippen LogP contribution in [-0.2, 0) is 0 Å². The third-order valence-corrected chi connectivity index (χ3v) is 1.54. The van der Waals surface area contributed by atoms with Gasteiger partial charge in [0.1, 0.15) is 11.6 Å². The molecule has 0 saturated heterocycles. The number of nitrogens with two attached hydrogens (primary N) is 1. The van der Waals surface area contributed by atoms with Crippen molar-refractivity contribution in [3.8, 4) is 11.6 Å². The third-order valence-electron chi connectivity index (χ3n) is 1.54. The van der Waals surface area contributed by atoms with E-state index in [0.717, 1.165) is 5.75 Å². The zero-order chi connectivity index (χ0) is 9.10. The first kappa shape index (κ1) is 10.4. The van der Waals surface area contributed by atoms with Gasteiger partial charge < -0.3 is 10.5 Å². The molecule has 0 aliphatic rings. The Morgan fingerprint density at radius 1 is 1.21 bits per heavy atom. The van der Waals surface area contributed by atoms with Gasteiger partial charge in [0.15, 0.2) is 0 Å². The number of aromatic nitrogens is 2. The number of halogens is 1. The molecule has 3 N–H and O–H groups in total. The maximum Gasteiger partial charge on any atom is 0.240 e. The predicted molar refractivity (Wildman–Crippen MR) is 56.8 cm³/mol. The number of para-hydroxylation sites is 1. The smallest absolute Gasteiger partial charge is 0.240 e. The largest absolute Gasteiger partial charge is 0.437 e. The van der Waals surface area contributed by atoms with Gasteiger partial charge in [-0.3, -0.25) is 5.10 Å². The molecule has 0 unspecified atom stereocenters. The van der Waals surface area contributed by atoms with Crippen molar-refractivity contribution >= 4 is 18.2 Å². The minimum absolute atomic E-state index is 0. The summed E-state index contributed by atoms with van der Waals surface area (Å²) in [5, 5.41) is 6.43. The second kappa shape index (κ2) is 4.53. The molecule has 0 saturated carbocycles. The second-order valence-corrected chi connectivity index (χ2v) is 2.58. The summed E-state index contributed by atoms with van der Waals surface area (Å²) in [6.45, 7) is 0. The fourth-order valence-corrected chi connectivity index (χ4v) is 0.979. The van der Waals surface area contributed by atoms with Crippen LogP contribution in [0, 0.1) is 0 Å². The van der Waals surface area contributed by atoms with E-state index >= 15 is 0 Å². The zero-order valence-electron chi connectivity index (χ0n) is 7.31. The Kier molecular flexibility index (Phi) is 3.36. The van der Waals surface area contributed by atoms with Crippen molar-refractivity contribution in [2.75, 3.05) is 5.73 Å². The molecule has 0 fully saturated rings. The number of hydrogen-bond donors (Lipinski definition) is 2. The molecule has 0 aliphatic heterocycles. The Bertz CT molecular complexity index is 388. The van der Waals surface area contributed by atoms with Crippen molar-refractivity contribution in [3.05, 3.63) is 36.4 Å². The molecule has 14 heavy (non-hydrogen) atoms. The Balaban J connectivity index is 0.000000980. The molecule has 0 spiro atoms. The number of nitrogens with zero attached hydrogens (tertiary/aromatic N) is 1. The monoisotopic (exact) mass is 211 g/mol. The topological polar surface area (TPSA) is 63.9 Å². The van der Waals surface area contributed by atoms with Gasteiger partial charge in [-0.05, 0) is 12.1 Å². The van der Waals surface area contributed by atoms with Crippen molar-refractivity contribution in [3.63, 3.8) is 0 Å². The van der Waals surface area contributed by atoms with E-state index in [1.807, 2.05) is 30.3 Å². The molecule has 2 aromatic rings. The summed E-state index contributed by atoms with van der Waals surface area (Å²) in [6, 6.07) is 11.0. The summed E-state index contributed by atoms with van der Waals surface area (Å²) < 4.78 is 5.38. The molecule has 1 aromatic carbocycles. The van der Waals surface area contributed by atoms with Gasteiger partial charge in [-0.1, -0.05) is 18.2 Å². The summed E-state index contributed by atoms with van der Waals surface area (Å²) in [5.74, 6) is 1.71. The molecule has 0 radical (unpaired) electrons. The van der Waals surface area contributed by atoms with Crippen molar-refractivity contribution in [1.29, 1.82) is 0 Å². The van der Waals surface area contributed by atoms with Gasteiger partial charge in [-0.2, -0.15) is 0 Å². The Labute approximate surface area is 87.5 Å². The van der Waals surface area contributed by atoms with Crippen LogP contribution in [0.4, 0.5) is 5.82 Å². The van der Waals surface area contributed by atoms with E-state index in [4.69, 9.17) is 10.5 Å². The maximum atomic E-state index is 5.43. The van der Waals surface area contributed by atoms with Crippen LogP contribution in [0.5, 0.6) is 11.6 Å². The summed E-state index contributed by atoms with van der Waals surface area (Å²) in [5.41, 5.74) is 5.43. The highest BCUT2D eigenvalue weighted by Gasteiger charge is 1.99. The van der Waals surface area contributed by atoms with Crippen LogP contribution in [0.2, 0.25) is 0 Å². The second-order valence-electron chi connectivity index (χ2n) is 2.58. The molecular weight excluding hydrogens is 202 g/mol. The highest BCUT2D eigenvalue weighted by molar-refractivity contribution is 5.85. The van der Waals surface area contributed by atoms with Gasteiger partial charge in [0.2, 0.25) is 5.88 Å². The highest BCUT2D eigenvalue weighted by atomic mass is 35.5. The Morgan fingerprint density at radius 3 is 2.50 bits per heavy atom. The number of nitrogens with one attached hydrogen (secondary N) is 1. The number of anilines is 1. The van der Waals surface area contributed by atoms with Crippen LogP contribution in [0.3, 0.4) is 0 Å². The standard InChI is InChI=1S/C9H9N3O.ClH/c10-8-6-9(12-11-8)13-7-4-2-1-3-5-7;/h1-6H,(H3,10,11,12);1H. The van der Waals surface area contributed by atoms with Gasteiger partial charge in [-0.15, -0.1) is 17.5 Å². The molecular formula is C9H10ClN3O. The lowest BCUT2D eigenvalue weighted by molar-refractivity contribution is 0.461. The number of H-pyrrole nitrogens is 1. The molecule has 0 bridgehead atoms. The molecule has 4 nitrogen and oxygen atoms in total. The predicted octanol–water partition coefficient (Wildman–Crippen LogP) is 2.21. The molecule has 0 aliphatic carbocycles. The van der Waals surface area contributed by atoms with Crippen LogP contribution >= 0.6 is 12.4 Å². The first-order valence-corrected chi connectivity index (χ1v) is 3.88. The molecule has 0 amide bonds. The summed E-state index contributed by atoms with van der Waals surface area (Å²) in [7, 11) is 0. The quantitative estimate of drug-likeness (QED) is 0.801. The van der Waals surface area contributed by atoms with Gasteiger partial charge in [0.05, 0.1) is 0 Å². The van der Waals surface area contributed by atoms with Crippen LogP contribution in [-0.4, -0.2) is 10.2 Å². The van der Waals surface area contributed by atoms with E-state index in [9.17, 15) is 0 Å². The SMILES string of the molecule is Cl.Nc1cc(Oc2ccccc2)n[nH]1. The van der Waals surface area contributed by atoms with E-state index < -0.39 is 0 Å². The van der Waals surface area contributed by atoms with Crippen LogP contribution in [0.25, 0.3) is 0 Å². The number of benzene rings is 1. The van der Waals surface area contributed by atoms with Crippen molar-refractivity contribution in [1.82, 2.24) is 10.2 Å². The van der Waals surface area contributed by atoms with Crippen LogP contribution in [0.1, 0.15) is 0 Å². The average Bonchev–Trinajstić information content (AvgIpc) is 2.53. The maximum absolute atomic E-state index is 5.43. The molecule has 2 rings (SSSR count). The first-order valence-electron chi connectivity index (χ1n) is 3.88. The lowest BCUT2D eigenvalue weighted by Gasteiger charge is -1.99. The van der Waals surface area contributed by atoms with Gasteiger partial charge in [0.25, 0.3) is 0 Å². The van der Waals surface area contributed by atoms with Crippen molar-refractivity contribution < 1.29 is 4.74 Å². The zero-order valence-corrected chi connectivity index (χ0v) is 8.12. The van der Waals surface area contributed by atoms with Gasteiger partial charge in [0, 0.05) is 6.07 Å². The minimum Gasteiger partial charge on any atom is -0.437 e. The number of aromatic amines is 1. The molecule has 0 atom stereocenters. The van der Waals surface area contributed by atoms with Crippen LogP contribution in [0.15, 0.2) is 36.4 Å².